The molecule has 2 nitrogen and oxygen atoms in total. The van der Waals surface area contributed by atoms with Crippen molar-refractivity contribution in [3.63, 3.8) is 0 Å². The third-order valence-electron chi connectivity index (χ3n) is 4.47. The average Bonchev–Trinajstić information content (AvgIpc) is 3.04. The molecule has 0 atom stereocenters. The lowest BCUT2D eigenvalue weighted by molar-refractivity contribution is 0.0944. The molecule has 0 aliphatic heterocycles. The van der Waals surface area contributed by atoms with E-state index in [1.165, 1.54) is 43.2 Å². The number of rotatable bonds is 4. The van der Waals surface area contributed by atoms with Gasteiger partial charge in [-0.25, -0.2) is 0 Å². The van der Waals surface area contributed by atoms with Crippen molar-refractivity contribution in [1.82, 2.24) is 5.32 Å². The molecule has 2 aromatic rings. The largest absolute Gasteiger partial charge is 0.352 e. The Morgan fingerprint density at radius 3 is 2.64 bits per heavy atom. The van der Waals surface area contributed by atoms with Gasteiger partial charge in [-0.1, -0.05) is 49.1 Å². The summed E-state index contributed by atoms with van der Waals surface area (Å²) >= 11 is 1.64. The van der Waals surface area contributed by atoms with Gasteiger partial charge >= 0.3 is 0 Å². The predicted molar refractivity (Wildman–Crippen MR) is 93.4 cm³/mol. The first-order valence-electron chi connectivity index (χ1n) is 8.16. The zero-order chi connectivity index (χ0) is 15.4. The summed E-state index contributed by atoms with van der Waals surface area (Å²) in [5.41, 5.74) is 3.23. The Kier molecular flexibility index (Phi) is 4.94. The molecule has 0 spiro atoms. The van der Waals surface area contributed by atoms with Crippen molar-refractivity contribution >= 4 is 17.2 Å². The van der Waals surface area contributed by atoms with Crippen LogP contribution in [0, 0.1) is 12.8 Å². The Labute approximate surface area is 136 Å². The minimum Gasteiger partial charge on any atom is -0.352 e. The Hall–Kier alpha value is -1.61. The van der Waals surface area contributed by atoms with E-state index in [4.69, 9.17) is 0 Å². The molecule has 1 fully saturated rings. The zero-order valence-corrected chi connectivity index (χ0v) is 13.9. The number of nitrogens with one attached hydrogen (secondary N) is 1. The van der Waals surface area contributed by atoms with Crippen LogP contribution in [0.5, 0.6) is 0 Å². The molecule has 1 aliphatic rings. The van der Waals surface area contributed by atoms with E-state index in [2.05, 4.69) is 36.5 Å². The summed E-state index contributed by atoms with van der Waals surface area (Å²) in [5, 5.41) is 5.07. The SMILES string of the molecule is Cc1ccc(-c2cc(C(=O)NCC3CCCCC3)cs2)cc1. The second-order valence-corrected chi connectivity index (χ2v) is 7.19. The van der Waals surface area contributed by atoms with E-state index in [1.807, 2.05) is 11.4 Å². The molecule has 1 N–H and O–H groups in total. The van der Waals surface area contributed by atoms with Gasteiger partial charge in [0, 0.05) is 16.8 Å². The maximum atomic E-state index is 12.3. The molecule has 1 amide bonds. The summed E-state index contributed by atoms with van der Waals surface area (Å²) < 4.78 is 0. The number of amides is 1. The summed E-state index contributed by atoms with van der Waals surface area (Å²) in [6.07, 6.45) is 6.51. The summed E-state index contributed by atoms with van der Waals surface area (Å²) in [6.45, 7) is 2.91. The molecule has 1 aromatic heterocycles. The molecular formula is C19H23NOS. The molecule has 1 aromatic carbocycles. The highest BCUT2D eigenvalue weighted by Gasteiger charge is 2.15. The molecule has 1 aliphatic carbocycles. The van der Waals surface area contributed by atoms with Crippen LogP contribution in [0.1, 0.15) is 48.0 Å². The Morgan fingerprint density at radius 2 is 1.91 bits per heavy atom. The van der Waals surface area contributed by atoms with Gasteiger partial charge in [0.15, 0.2) is 0 Å². The quantitative estimate of drug-likeness (QED) is 0.842. The van der Waals surface area contributed by atoms with Gasteiger partial charge in [-0.3, -0.25) is 4.79 Å². The molecule has 3 rings (SSSR count). The maximum absolute atomic E-state index is 12.3. The third-order valence-corrected chi connectivity index (χ3v) is 5.45. The van der Waals surface area contributed by atoms with Crippen LogP contribution in [-0.2, 0) is 0 Å². The van der Waals surface area contributed by atoms with Gasteiger partial charge in [-0.15, -0.1) is 11.3 Å². The maximum Gasteiger partial charge on any atom is 0.252 e. The summed E-state index contributed by atoms with van der Waals surface area (Å²) in [6, 6.07) is 10.5. The van der Waals surface area contributed by atoms with E-state index in [-0.39, 0.29) is 5.91 Å². The standard InChI is InChI=1S/C19H23NOS/c1-14-7-9-16(10-8-14)18-11-17(13-22-18)19(21)20-12-15-5-3-2-4-6-15/h7-11,13,15H,2-6,12H2,1H3,(H,20,21). The number of hydrogen-bond donors (Lipinski definition) is 1. The van der Waals surface area contributed by atoms with Crippen molar-refractivity contribution in [2.75, 3.05) is 6.54 Å². The van der Waals surface area contributed by atoms with Gasteiger partial charge in [0.05, 0.1) is 5.56 Å². The van der Waals surface area contributed by atoms with Crippen molar-refractivity contribution in [3.05, 3.63) is 46.8 Å². The fourth-order valence-corrected chi connectivity index (χ4v) is 3.95. The molecule has 3 heteroatoms. The topological polar surface area (TPSA) is 29.1 Å². The van der Waals surface area contributed by atoms with Crippen LogP contribution < -0.4 is 5.32 Å². The fourth-order valence-electron chi connectivity index (χ4n) is 3.05. The lowest BCUT2D eigenvalue weighted by atomic mass is 9.89. The Balaban J connectivity index is 1.60. The highest BCUT2D eigenvalue weighted by Crippen LogP contribution is 2.28. The number of hydrogen-bond acceptors (Lipinski definition) is 2. The number of benzene rings is 1. The minimum absolute atomic E-state index is 0.0696. The minimum atomic E-state index is 0.0696. The molecular weight excluding hydrogens is 290 g/mol. The van der Waals surface area contributed by atoms with Crippen LogP contribution >= 0.6 is 11.3 Å². The average molecular weight is 313 g/mol. The van der Waals surface area contributed by atoms with E-state index in [1.54, 1.807) is 11.3 Å². The van der Waals surface area contributed by atoms with Crippen LogP contribution in [0.2, 0.25) is 0 Å². The van der Waals surface area contributed by atoms with Crippen molar-refractivity contribution in [2.45, 2.75) is 39.0 Å². The number of aryl methyl sites for hydroxylation is 1. The van der Waals surface area contributed by atoms with Crippen molar-refractivity contribution < 1.29 is 4.79 Å². The summed E-state index contributed by atoms with van der Waals surface area (Å²) in [7, 11) is 0. The molecule has 0 saturated heterocycles. The van der Waals surface area contributed by atoms with E-state index in [0.29, 0.717) is 5.92 Å². The second-order valence-electron chi connectivity index (χ2n) is 6.28. The molecule has 1 saturated carbocycles. The molecule has 0 bridgehead atoms. The molecule has 0 radical (unpaired) electrons. The monoisotopic (exact) mass is 313 g/mol. The van der Waals surface area contributed by atoms with Crippen LogP contribution in [0.15, 0.2) is 35.7 Å². The van der Waals surface area contributed by atoms with Gasteiger partial charge in [-0.05, 0) is 37.3 Å². The lowest BCUT2D eigenvalue weighted by Crippen LogP contribution is -2.29. The molecule has 22 heavy (non-hydrogen) atoms. The van der Waals surface area contributed by atoms with Gasteiger partial charge in [0.25, 0.3) is 5.91 Å². The molecule has 116 valence electrons. The normalized spacial score (nSPS) is 15.7. The lowest BCUT2D eigenvalue weighted by Gasteiger charge is -2.21. The highest BCUT2D eigenvalue weighted by molar-refractivity contribution is 7.13. The fraction of sp³-hybridized carbons (Fsp3) is 0.421. The highest BCUT2D eigenvalue weighted by atomic mass is 32.1. The number of carbonyl (C=O) groups excluding carboxylic acids is 1. The van der Waals surface area contributed by atoms with E-state index < -0.39 is 0 Å². The zero-order valence-electron chi connectivity index (χ0n) is 13.1. The first-order chi connectivity index (χ1) is 10.7. The smallest absolute Gasteiger partial charge is 0.252 e. The predicted octanol–water partition coefficient (Wildman–Crippen LogP) is 5.03. The van der Waals surface area contributed by atoms with Crippen LogP contribution in [0.4, 0.5) is 0 Å². The number of thiophene rings is 1. The van der Waals surface area contributed by atoms with Gasteiger partial charge in [0.2, 0.25) is 0 Å². The third kappa shape index (κ3) is 3.77. The first-order valence-corrected chi connectivity index (χ1v) is 9.04. The van der Waals surface area contributed by atoms with Gasteiger partial charge in [0.1, 0.15) is 0 Å². The summed E-state index contributed by atoms with van der Waals surface area (Å²) in [5.74, 6) is 0.744. The van der Waals surface area contributed by atoms with Gasteiger partial charge < -0.3 is 5.32 Å². The van der Waals surface area contributed by atoms with E-state index in [9.17, 15) is 4.79 Å². The van der Waals surface area contributed by atoms with Gasteiger partial charge in [-0.2, -0.15) is 0 Å². The van der Waals surface area contributed by atoms with Crippen molar-refractivity contribution in [3.8, 4) is 10.4 Å². The van der Waals surface area contributed by atoms with Crippen LogP contribution in [0.25, 0.3) is 10.4 Å². The molecule has 0 unspecified atom stereocenters. The number of carbonyl (C=O) groups is 1. The van der Waals surface area contributed by atoms with Crippen LogP contribution in [-0.4, -0.2) is 12.5 Å². The van der Waals surface area contributed by atoms with E-state index in [0.717, 1.165) is 17.0 Å². The Morgan fingerprint density at radius 1 is 1.18 bits per heavy atom. The second kappa shape index (κ2) is 7.10. The van der Waals surface area contributed by atoms with E-state index >= 15 is 0 Å². The van der Waals surface area contributed by atoms with Crippen molar-refractivity contribution in [2.24, 2.45) is 5.92 Å². The molecule has 1 heterocycles. The summed E-state index contributed by atoms with van der Waals surface area (Å²) in [4.78, 5) is 13.4. The van der Waals surface area contributed by atoms with Crippen LogP contribution in [0.3, 0.4) is 0 Å². The van der Waals surface area contributed by atoms with Crippen molar-refractivity contribution in [1.29, 1.82) is 0 Å². The first kappa shape index (κ1) is 15.3. The Bertz CT molecular complexity index is 623.